The van der Waals surface area contributed by atoms with Gasteiger partial charge in [-0.15, -0.1) is 0 Å². The van der Waals surface area contributed by atoms with Gasteiger partial charge in [-0.05, 0) is 49.2 Å². The van der Waals surface area contributed by atoms with Crippen LogP contribution >= 0.6 is 11.6 Å². The van der Waals surface area contributed by atoms with Crippen LogP contribution in [0.1, 0.15) is 22.6 Å². The van der Waals surface area contributed by atoms with Crippen LogP contribution in [-0.4, -0.2) is 4.98 Å². The van der Waals surface area contributed by atoms with Gasteiger partial charge in [0.2, 0.25) is 5.89 Å². The highest BCUT2D eigenvalue weighted by molar-refractivity contribution is 6.31. The van der Waals surface area contributed by atoms with E-state index in [0.29, 0.717) is 10.9 Å². The van der Waals surface area contributed by atoms with Crippen LogP contribution in [0.4, 0.5) is 0 Å². The predicted octanol–water partition coefficient (Wildman–Crippen LogP) is 5.27. The van der Waals surface area contributed by atoms with Gasteiger partial charge in [0.15, 0.2) is 5.58 Å². The summed E-state index contributed by atoms with van der Waals surface area (Å²) in [7, 11) is 0. The van der Waals surface area contributed by atoms with Gasteiger partial charge in [-0.3, -0.25) is 0 Å². The lowest BCUT2D eigenvalue weighted by Gasteiger charge is -2.00. The van der Waals surface area contributed by atoms with Gasteiger partial charge in [0, 0.05) is 11.1 Å². The van der Waals surface area contributed by atoms with E-state index in [-0.39, 0.29) is 0 Å². The van der Waals surface area contributed by atoms with Crippen molar-refractivity contribution in [2.75, 3.05) is 0 Å². The van der Waals surface area contributed by atoms with Crippen LogP contribution in [0.25, 0.3) is 23.3 Å². The summed E-state index contributed by atoms with van der Waals surface area (Å²) in [6.07, 6.45) is 3.91. The molecule has 0 bridgehead atoms. The fraction of sp³-hybridized carbons (Fsp3) is 0.118. The summed E-state index contributed by atoms with van der Waals surface area (Å²) in [6, 6.07) is 11.8. The second-order valence-electron chi connectivity index (χ2n) is 4.86. The summed E-state index contributed by atoms with van der Waals surface area (Å²) in [5, 5.41) is 0.663. The quantitative estimate of drug-likeness (QED) is 0.640. The first-order valence-electron chi connectivity index (χ1n) is 6.43. The highest BCUT2D eigenvalue weighted by atomic mass is 35.5. The molecule has 0 atom stereocenters. The molecular weight excluding hydrogens is 270 g/mol. The van der Waals surface area contributed by atoms with Crippen molar-refractivity contribution in [1.82, 2.24) is 4.98 Å². The number of hydrogen-bond acceptors (Lipinski definition) is 2. The average Bonchev–Trinajstić information content (AvgIpc) is 2.81. The topological polar surface area (TPSA) is 26.0 Å². The van der Waals surface area contributed by atoms with Crippen LogP contribution in [0, 0.1) is 13.8 Å². The highest BCUT2D eigenvalue weighted by Crippen LogP contribution is 2.21. The fourth-order valence-electron chi connectivity index (χ4n) is 2.09. The third-order valence-electron chi connectivity index (χ3n) is 3.21. The van der Waals surface area contributed by atoms with Gasteiger partial charge < -0.3 is 4.42 Å². The molecular formula is C17H14ClNO. The van der Waals surface area contributed by atoms with Gasteiger partial charge in [0.05, 0.1) is 0 Å². The first-order chi connectivity index (χ1) is 9.61. The number of aryl methyl sites for hydroxylation is 2. The van der Waals surface area contributed by atoms with Crippen molar-refractivity contribution in [1.29, 1.82) is 0 Å². The van der Waals surface area contributed by atoms with E-state index in [4.69, 9.17) is 16.0 Å². The van der Waals surface area contributed by atoms with Crippen LogP contribution in [0.15, 0.2) is 40.8 Å². The zero-order chi connectivity index (χ0) is 14.1. The van der Waals surface area contributed by atoms with Crippen LogP contribution < -0.4 is 0 Å². The Bertz CT molecular complexity index is 802. The van der Waals surface area contributed by atoms with Crippen LogP contribution in [0.3, 0.4) is 0 Å². The monoisotopic (exact) mass is 283 g/mol. The van der Waals surface area contributed by atoms with Crippen molar-refractivity contribution < 1.29 is 4.42 Å². The Hall–Kier alpha value is -2.06. The van der Waals surface area contributed by atoms with E-state index < -0.39 is 0 Å². The molecule has 0 N–H and O–H groups in total. The van der Waals surface area contributed by atoms with E-state index >= 15 is 0 Å². The third kappa shape index (κ3) is 2.61. The molecule has 0 unspecified atom stereocenters. The zero-order valence-corrected chi connectivity index (χ0v) is 12.1. The SMILES string of the molecule is Cc1ccc(C)c(/C=C/c2nc3cc(Cl)ccc3o2)c1. The van der Waals surface area contributed by atoms with Crippen LogP contribution in [-0.2, 0) is 0 Å². The standard InChI is InChI=1S/C17H14ClNO/c1-11-3-4-12(2)13(9-11)5-8-17-19-15-10-14(18)6-7-16(15)20-17/h3-10H,1-2H3/b8-5+. The Morgan fingerprint density at radius 1 is 1.05 bits per heavy atom. The Morgan fingerprint density at radius 2 is 1.90 bits per heavy atom. The average molecular weight is 284 g/mol. The summed E-state index contributed by atoms with van der Waals surface area (Å²) >= 11 is 5.94. The van der Waals surface area contributed by atoms with Crippen LogP contribution in [0.5, 0.6) is 0 Å². The Balaban J connectivity index is 1.96. The summed E-state index contributed by atoms with van der Waals surface area (Å²) in [5.41, 5.74) is 5.16. The van der Waals surface area contributed by atoms with E-state index in [0.717, 1.165) is 11.1 Å². The third-order valence-corrected chi connectivity index (χ3v) is 3.44. The smallest absolute Gasteiger partial charge is 0.220 e. The van der Waals surface area contributed by atoms with E-state index in [1.165, 1.54) is 16.7 Å². The molecule has 100 valence electrons. The number of fused-ring (bicyclic) bond motifs is 1. The van der Waals surface area contributed by atoms with Gasteiger partial charge in [-0.2, -0.15) is 0 Å². The normalized spacial score (nSPS) is 11.6. The first kappa shape index (κ1) is 12.9. The maximum absolute atomic E-state index is 5.94. The van der Waals surface area contributed by atoms with Gasteiger partial charge in [-0.1, -0.05) is 35.4 Å². The molecule has 1 aromatic heterocycles. The molecule has 0 saturated carbocycles. The molecule has 0 radical (unpaired) electrons. The lowest BCUT2D eigenvalue weighted by atomic mass is 10.1. The number of nitrogens with zero attached hydrogens (tertiary/aromatic N) is 1. The van der Waals surface area contributed by atoms with E-state index in [1.807, 2.05) is 18.2 Å². The van der Waals surface area contributed by atoms with Gasteiger partial charge >= 0.3 is 0 Å². The van der Waals surface area contributed by atoms with E-state index in [1.54, 1.807) is 12.1 Å². The lowest BCUT2D eigenvalue weighted by Crippen LogP contribution is -1.81. The number of oxazole rings is 1. The summed E-state index contributed by atoms with van der Waals surface area (Å²) < 4.78 is 5.66. The second-order valence-corrected chi connectivity index (χ2v) is 5.29. The maximum atomic E-state index is 5.94. The first-order valence-corrected chi connectivity index (χ1v) is 6.81. The second kappa shape index (κ2) is 5.14. The zero-order valence-electron chi connectivity index (χ0n) is 11.4. The molecule has 20 heavy (non-hydrogen) atoms. The summed E-state index contributed by atoms with van der Waals surface area (Å²) in [5.74, 6) is 0.586. The number of benzene rings is 2. The minimum absolute atomic E-state index is 0.586. The molecule has 0 spiro atoms. The van der Waals surface area contributed by atoms with Crippen molar-refractivity contribution in [3.8, 4) is 0 Å². The fourth-order valence-corrected chi connectivity index (χ4v) is 2.26. The molecule has 3 aromatic rings. The number of rotatable bonds is 2. The molecule has 3 rings (SSSR count). The van der Waals surface area contributed by atoms with Gasteiger partial charge in [0.25, 0.3) is 0 Å². The van der Waals surface area contributed by atoms with Gasteiger partial charge in [0.1, 0.15) is 5.52 Å². The van der Waals surface area contributed by atoms with Crippen molar-refractivity contribution in [3.63, 3.8) is 0 Å². The lowest BCUT2D eigenvalue weighted by molar-refractivity contribution is 0.589. The minimum Gasteiger partial charge on any atom is -0.437 e. The molecule has 0 aliphatic carbocycles. The van der Waals surface area contributed by atoms with Gasteiger partial charge in [-0.25, -0.2) is 4.98 Å². The molecule has 1 heterocycles. The maximum Gasteiger partial charge on any atom is 0.220 e. The van der Waals surface area contributed by atoms with Crippen molar-refractivity contribution in [2.24, 2.45) is 0 Å². The molecule has 0 amide bonds. The summed E-state index contributed by atoms with van der Waals surface area (Å²) in [6.45, 7) is 4.17. The summed E-state index contributed by atoms with van der Waals surface area (Å²) in [4.78, 5) is 4.40. The molecule has 2 aromatic carbocycles. The molecule has 0 aliphatic heterocycles. The molecule has 0 saturated heterocycles. The van der Waals surface area contributed by atoms with E-state index in [9.17, 15) is 0 Å². The molecule has 0 fully saturated rings. The minimum atomic E-state index is 0.586. The van der Waals surface area contributed by atoms with E-state index in [2.05, 4.69) is 37.0 Å². The molecule has 2 nitrogen and oxygen atoms in total. The number of hydrogen-bond donors (Lipinski definition) is 0. The Kier molecular flexibility index (Phi) is 3.33. The number of aromatic nitrogens is 1. The van der Waals surface area contributed by atoms with Crippen molar-refractivity contribution >= 4 is 34.9 Å². The largest absolute Gasteiger partial charge is 0.437 e. The Labute approximate surface area is 122 Å². The van der Waals surface area contributed by atoms with Crippen LogP contribution in [0.2, 0.25) is 5.02 Å². The number of halogens is 1. The Morgan fingerprint density at radius 3 is 2.75 bits per heavy atom. The molecule has 3 heteroatoms. The van der Waals surface area contributed by atoms with Crippen molar-refractivity contribution in [2.45, 2.75) is 13.8 Å². The molecule has 0 aliphatic rings. The van der Waals surface area contributed by atoms with Crippen molar-refractivity contribution in [3.05, 3.63) is 64.0 Å². The predicted molar refractivity (Wildman–Crippen MR) is 83.9 cm³/mol. The highest BCUT2D eigenvalue weighted by Gasteiger charge is 2.03.